The topological polar surface area (TPSA) is 50.7 Å². The Morgan fingerprint density at radius 1 is 1.00 bits per heavy atom. The van der Waals surface area contributed by atoms with Gasteiger partial charge in [-0.2, -0.15) is 0 Å². The number of benzene rings is 2. The maximum atomic E-state index is 9.35. The molecule has 0 aliphatic carbocycles. The van der Waals surface area contributed by atoms with Crippen LogP contribution in [0.15, 0.2) is 42.5 Å². The molecule has 0 bridgehead atoms. The summed E-state index contributed by atoms with van der Waals surface area (Å²) in [6.07, 6.45) is 0. The number of ether oxygens (including phenoxy) is 2. The molecule has 4 heteroatoms. The minimum atomic E-state index is -0.313. The second-order valence-electron chi connectivity index (χ2n) is 6.89. The molecule has 0 aliphatic rings. The Hall–Kier alpha value is -2.04. The highest BCUT2D eigenvalue weighted by molar-refractivity contribution is 5.43. The summed E-state index contributed by atoms with van der Waals surface area (Å²) in [6, 6.07) is 14.3. The summed E-state index contributed by atoms with van der Waals surface area (Å²) in [4.78, 5) is 0. The van der Waals surface area contributed by atoms with Gasteiger partial charge in [0.2, 0.25) is 0 Å². The summed E-state index contributed by atoms with van der Waals surface area (Å²) in [5, 5.41) is 12.7. The number of aliphatic hydroxyl groups excluding tert-OH is 1. The molecule has 2 aromatic rings. The van der Waals surface area contributed by atoms with Gasteiger partial charge in [-0.25, -0.2) is 0 Å². The molecule has 0 spiro atoms. The summed E-state index contributed by atoms with van der Waals surface area (Å²) >= 11 is 0. The Balaban J connectivity index is 2.07. The lowest BCUT2D eigenvalue weighted by Gasteiger charge is -2.24. The van der Waals surface area contributed by atoms with Gasteiger partial charge >= 0.3 is 0 Å². The van der Waals surface area contributed by atoms with Crippen LogP contribution < -0.4 is 14.8 Å². The molecule has 0 saturated carbocycles. The van der Waals surface area contributed by atoms with E-state index >= 15 is 0 Å². The summed E-state index contributed by atoms with van der Waals surface area (Å²) in [5.74, 6) is 1.49. The van der Waals surface area contributed by atoms with Gasteiger partial charge in [0.25, 0.3) is 0 Å². The number of aliphatic hydroxyl groups is 1. The fourth-order valence-corrected chi connectivity index (χ4v) is 2.41. The van der Waals surface area contributed by atoms with Crippen molar-refractivity contribution in [2.75, 3.05) is 13.2 Å². The van der Waals surface area contributed by atoms with E-state index in [2.05, 4.69) is 30.4 Å². The molecule has 0 heterocycles. The number of aryl methyl sites for hydroxylation is 1. The van der Waals surface area contributed by atoms with Gasteiger partial charge < -0.3 is 19.9 Å². The van der Waals surface area contributed by atoms with Gasteiger partial charge in [0.1, 0.15) is 6.61 Å². The molecule has 0 aromatic heterocycles. The fourth-order valence-electron chi connectivity index (χ4n) is 2.41. The SMILES string of the molecule is CCOc1cc(CNC(C)(C)CO)ccc1OCc1cccc(C)c1. The molecule has 2 N–H and O–H groups in total. The monoisotopic (exact) mass is 343 g/mol. The van der Waals surface area contributed by atoms with Crippen molar-refractivity contribution >= 4 is 0 Å². The largest absolute Gasteiger partial charge is 0.490 e. The zero-order chi connectivity index (χ0) is 18.3. The fraction of sp³-hybridized carbons (Fsp3) is 0.429. The standard InChI is InChI=1S/C21H29NO3/c1-5-24-20-12-17(13-22-21(3,4)15-23)9-10-19(20)25-14-18-8-6-7-16(2)11-18/h6-12,22-23H,5,13-15H2,1-4H3. The van der Waals surface area contributed by atoms with Crippen molar-refractivity contribution in [3.05, 3.63) is 59.2 Å². The minimum Gasteiger partial charge on any atom is -0.490 e. The third-order valence-corrected chi connectivity index (χ3v) is 3.95. The van der Waals surface area contributed by atoms with Crippen molar-refractivity contribution in [2.24, 2.45) is 0 Å². The average molecular weight is 343 g/mol. The second-order valence-corrected chi connectivity index (χ2v) is 6.89. The molecule has 0 unspecified atom stereocenters. The van der Waals surface area contributed by atoms with Gasteiger partial charge in [-0.3, -0.25) is 0 Å². The van der Waals surface area contributed by atoms with E-state index in [1.165, 1.54) is 5.56 Å². The third kappa shape index (κ3) is 6.07. The maximum absolute atomic E-state index is 9.35. The van der Waals surface area contributed by atoms with Gasteiger partial charge in [-0.15, -0.1) is 0 Å². The predicted octanol–water partition coefficient (Wildman–Crippen LogP) is 3.83. The first kappa shape index (κ1) is 19.3. The van der Waals surface area contributed by atoms with Crippen molar-refractivity contribution in [2.45, 2.75) is 46.4 Å². The van der Waals surface area contributed by atoms with Gasteiger partial charge in [-0.05, 0) is 51.0 Å². The number of hydrogen-bond acceptors (Lipinski definition) is 4. The zero-order valence-electron chi connectivity index (χ0n) is 15.6. The molecular weight excluding hydrogens is 314 g/mol. The number of hydrogen-bond donors (Lipinski definition) is 2. The summed E-state index contributed by atoms with van der Waals surface area (Å²) in [5.41, 5.74) is 3.14. The van der Waals surface area contributed by atoms with Crippen molar-refractivity contribution in [1.29, 1.82) is 0 Å². The first-order chi connectivity index (χ1) is 11.9. The molecule has 0 amide bonds. The highest BCUT2D eigenvalue weighted by Crippen LogP contribution is 2.29. The Morgan fingerprint density at radius 2 is 1.80 bits per heavy atom. The van der Waals surface area contributed by atoms with Crippen LogP contribution in [0.5, 0.6) is 11.5 Å². The van der Waals surface area contributed by atoms with Crippen LogP contribution in [0, 0.1) is 6.92 Å². The Kier molecular flexibility index (Phi) is 6.85. The molecule has 2 aromatic carbocycles. The van der Waals surface area contributed by atoms with E-state index in [0.29, 0.717) is 19.8 Å². The van der Waals surface area contributed by atoms with Crippen LogP contribution in [0.1, 0.15) is 37.5 Å². The molecule has 2 rings (SSSR count). The third-order valence-electron chi connectivity index (χ3n) is 3.95. The van der Waals surface area contributed by atoms with Crippen LogP contribution in [0.2, 0.25) is 0 Å². The molecule has 0 aliphatic heterocycles. The Labute approximate surface area is 150 Å². The van der Waals surface area contributed by atoms with E-state index in [9.17, 15) is 5.11 Å². The molecule has 0 saturated heterocycles. The normalized spacial score (nSPS) is 11.4. The Bertz CT molecular complexity index is 683. The van der Waals surface area contributed by atoms with E-state index in [-0.39, 0.29) is 12.1 Å². The lowest BCUT2D eigenvalue weighted by molar-refractivity contribution is 0.187. The summed E-state index contributed by atoms with van der Waals surface area (Å²) in [6.45, 7) is 9.81. The lowest BCUT2D eigenvalue weighted by Crippen LogP contribution is -2.42. The summed E-state index contributed by atoms with van der Waals surface area (Å²) < 4.78 is 11.7. The first-order valence-corrected chi connectivity index (χ1v) is 8.73. The van der Waals surface area contributed by atoms with Crippen LogP contribution in [0.4, 0.5) is 0 Å². The molecule has 0 radical (unpaired) electrons. The molecular formula is C21H29NO3. The predicted molar refractivity (Wildman–Crippen MR) is 101 cm³/mol. The van der Waals surface area contributed by atoms with Gasteiger partial charge in [0.15, 0.2) is 11.5 Å². The van der Waals surface area contributed by atoms with Crippen molar-refractivity contribution < 1.29 is 14.6 Å². The molecule has 0 atom stereocenters. The molecule has 4 nitrogen and oxygen atoms in total. The highest BCUT2D eigenvalue weighted by atomic mass is 16.5. The lowest BCUT2D eigenvalue weighted by atomic mass is 10.1. The minimum absolute atomic E-state index is 0.0863. The average Bonchev–Trinajstić information content (AvgIpc) is 2.59. The number of rotatable bonds is 9. The van der Waals surface area contributed by atoms with Crippen molar-refractivity contribution in [1.82, 2.24) is 5.32 Å². The quantitative estimate of drug-likeness (QED) is 0.726. The molecule has 136 valence electrons. The maximum Gasteiger partial charge on any atom is 0.161 e. The van der Waals surface area contributed by atoms with Gasteiger partial charge in [0.05, 0.1) is 13.2 Å². The van der Waals surface area contributed by atoms with E-state index in [1.54, 1.807) is 0 Å². The first-order valence-electron chi connectivity index (χ1n) is 8.73. The molecule has 25 heavy (non-hydrogen) atoms. The van der Waals surface area contributed by atoms with E-state index < -0.39 is 0 Å². The van der Waals surface area contributed by atoms with E-state index in [0.717, 1.165) is 22.6 Å². The van der Waals surface area contributed by atoms with E-state index in [1.807, 2.05) is 45.0 Å². The van der Waals surface area contributed by atoms with Crippen LogP contribution in [0.3, 0.4) is 0 Å². The van der Waals surface area contributed by atoms with Crippen molar-refractivity contribution in [3.8, 4) is 11.5 Å². The smallest absolute Gasteiger partial charge is 0.161 e. The van der Waals surface area contributed by atoms with Crippen LogP contribution >= 0.6 is 0 Å². The second kappa shape index (κ2) is 8.88. The highest BCUT2D eigenvalue weighted by Gasteiger charge is 2.15. The van der Waals surface area contributed by atoms with Crippen LogP contribution in [0.25, 0.3) is 0 Å². The van der Waals surface area contributed by atoms with Crippen LogP contribution in [-0.4, -0.2) is 23.9 Å². The zero-order valence-corrected chi connectivity index (χ0v) is 15.6. The van der Waals surface area contributed by atoms with Gasteiger partial charge in [0, 0.05) is 12.1 Å². The molecule has 0 fully saturated rings. The van der Waals surface area contributed by atoms with E-state index in [4.69, 9.17) is 9.47 Å². The van der Waals surface area contributed by atoms with Gasteiger partial charge in [-0.1, -0.05) is 35.9 Å². The Morgan fingerprint density at radius 3 is 2.48 bits per heavy atom. The van der Waals surface area contributed by atoms with Crippen molar-refractivity contribution in [3.63, 3.8) is 0 Å². The number of nitrogens with one attached hydrogen (secondary N) is 1. The van der Waals surface area contributed by atoms with Crippen LogP contribution in [-0.2, 0) is 13.2 Å². The summed E-state index contributed by atoms with van der Waals surface area (Å²) in [7, 11) is 0.